The van der Waals surface area contributed by atoms with E-state index < -0.39 is 12.0 Å². The molecule has 2 rings (SSSR count). The lowest BCUT2D eigenvalue weighted by atomic mass is 9.86. The van der Waals surface area contributed by atoms with Crippen LogP contribution in [-0.4, -0.2) is 40.6 Å². The number of carbonyl (C=O) groups is 2. The summed E-state index contributed by atoms with van der Waals surface area (Å²) in [4.78, 5) is 25.3. The molecular weight excluding hydrogens is 244 g/mol. The Morgan fingerprint density at radius 1 is 1.26 bits per heavy atom. The van der Waals surface area contributed by atoms with E-state index in [1.165, 1.54) is 0 Å². The van der Waals surface area contributed by atoms with Crippen LogP contribution in [0.3, 0.4) is 0 Å². The molecular formula is C14H24N2O3. The molecule has 19 heavy (non-hydrogen) atoms. The van der Waals surface area contributed by atoms with Gasteiger partial charge in [0.2, 0.25) is 0 Å². The van der Waals surface area contributed by atoms with Crippen LogP contribution in [0.25, 0.3) is 0 Å². The van der Waals surface area contributed by atoms with Crippen molar-refractivity contribution in [2.24, 2.45) is 17.8 Å². The molecule has 0 aromatic heterocycles. The number of urea groups is 1. The highest BCUT2D eigenvalue weighted by atomic mass is 16.4. The van der Waals surface area contributed by atoms with Gasteiger partial charge in [0.25, 0.3) is 0 Å². The first-order valence-corrected chi connectivity index (χ1v) is 7.20. The predicted octanol–water partition coefficient (Wildman–Crippen LogP) is 1.93. The standard InChI is InChI=1S/C14H24N2O3/c1-8-6-9(2)10(3)16(7-8)14(19)15-12(13(17)18)11-4-5-11/h8-12H,4-7H2,1-3H3,(H,15,19)(H,17,18). The van der Waals surface area contributed by atoms with Crippen LogP contribution in [0.5, 0.6) is 0 Å². The largest absolute Gasteiger partial charge is 0.480 e. The van der Waals surface area contributed by atoms with Gasteiger partial charge in [-0.3, -0.25) is 0 Å². The van der Waals surface area contributed by atoms with E-state index in [0.29, 0.717) is 18.4 Å². The molecule has 4 unspecified atom stereocenters. The Labute approximate surface area is 114 Å². The molecule has 5 heteroatoms. The van der Waals surface area contributed by atoms with Crippen molar-refractivity contribution in [3.8, 4) is 0 Å². The highest BCUT2D eigenvalue weighted by Gasteiger charge is 2.39. The molecule has 1 heterocycles. The summed E-state index contributed by atoms with van der Waals surface area (Å²) in [6, 6.07) is -0.762. The molecule has 2 aliphatic rings. The fourth-order valence-corrected chi connectivity index (χ4v) is 3.01. The number of carboxylic acids is 1. The quantitative estimate of drug-likeness (QED) is 0.821. The van der Waals surface area contributed by atoms with Gasteiger partial charge in [-0.2, -0.15) is 0 Å². The first kappa shape index (κ1) is 14.2. The molecule has 2 N–H and O–H groups in total. The number of nitrogens with zero attached hydrogens (tertiary/aromatic N) is 1. The van der Waals surface area contributed by atoms with Crippen LogP contribution in [0.15, 0.2) is 0 Å². The Morgan fingerprint density at radius 3 is 2.42 bits per heavy atom. The number of rotatable bonds is 3. The topological polar surface area (TPSA) is 69.6 Å². The molecule has 1 aliphatic carbocycles. The van der Waals surface area contributed by atoms with Crippen molar-refractivity contribution in [1.29, 1.82) is 0 Å². The van der Waals surface area contributed by atoms with Crippen molar-refractivity contribution in [1.82, 2.24) is 10.2 Å². The number of likely N-dealkylation sites (tertiary alicyclic amines) is 1. The number of hydrogen-bond acceptors (Lipinski definition) is 2. The second-order valence-corrected chi connectivity index (χ2v) is 6.31. The zero-order chi connectivity index (χ0) is 14.2. The zero-order valence-corrected chi connectivity index (χ0v) is 11.9. The number of aliphatic carboxylic acids is 1. The van der Waals surface area contributed by atoms with Gasteiger partial charge in [-0.15, -0.1) is 0 Å². The van der Waals surface area contributed by atoms with E-state index in [2.05, 4.69) is 19.2 Å². The average Bonchev–Trinajstić information content (AvgIpc) is 3.14. The van der Waals surface area contributed by atoms with Gasteiger partial charge in [0, 0.05) is 12.6 Å². The van der Waals surface area contributed by atoms with E-state index >= 15 is 0 Å². The van der Waals surface area contributed by atoms with Crippen LogP contribution < -0.4 is 5.32 Å². The van der Waals surface area contributed by atoms with E-state index in [0.717, 1.165) is 19.3 Å². The number of carbonyl (C=O) groups excluding carboxylic acids is 1. The summed E-state index contributed by atoms with van der Waals surface area (Å²) in [6.07, 6.45) is 2.93. The third-order valence-corrected chi connectivity index (χ3v) is 4.50. The molecule has 1 saturated heterocycles. The Balaban J connectivity index is 1.99. The lowest BCUT2D eigenvalue weighted by Crippen LogP contribution is -2.56. The smallest absolute Gasteiger partial charge is 0.326 e. The molecule has 0 bridgehead atoms. The molecule has 2 amide bonds. The SMILES string of the molecule is CC1CC(C)C(C)N(C(=O)NC(C(=O)O)C2CC2)C1. The second-order valence-electron chi connectivity index (χ2n) is 6.31. The highest BCUT2D eigenvalue weighted by Crippen LogP contribution is 2.33. The van der Waals surface area contributed by atoms with Crippen LogP contribution in [0.4, 0.5) is 4.79 Å². The fourth-order valence-electron chi connectivity index (χ4n) is 3.01. The number of piperidine rings is 1. The molecule has 0 spiro atoms. The van der Waals surface area contributed by atoms with E-state index in [-0.39, 0.29) is 18.0 Å². The summed E-state index contributed by atoms with van der Waals surface area (Å²) in [7, 11) is 0. The van der Waals surface area contributed by atoms with Crippen molar-refractivity contribution >= 4 is 12.0 Å². The van der Waals surface area contributed by atoms with Crippen LogP contribution in [0.2, 0.25) is 0 Å². The van der Waals surface area contributed by atoms with Crippen molar-refractivity contribution < 1.29 is 14.7 Å². The van der Waals surface area contributed by atoms with Gasteiger partial charge in [0.15, 0.2) is 0 Å². The molecule has 5 nitrogen and oxygen atoms in total. The van der Waals surface area contributed by atoms with Crippen molar-refractivity contribution in [3.05, 3.63) is 0 Å². The minimum atomic E-state index is -0.915. The van der Waals surface area contributed by atoms with Gasteiger partial charge in [0.1, 0.15) is 6.04 Å². The lowest BCUT2D eigenvalue weighted by molar-refractivity contribution is -0.139. The van der Waals surface area contributed by atoms with E-state index in [9.17, 15) is 9.59 Å². The first-order chi connectivity index (χ1) is 8.90. The van der Waals surface area contributed by atoms with Crippen molar-refractivity contribution in [3.63, 3.8) is 0 Å². The van der Waals surface area contributed by atoms with Crippen LogP contribution >= 0.6 is 0 Å². The Kier molecular flexibility index (Phi) is 4.02. The van der Waals surface area contributed by atoms with E-state index in [4.69, 9.17) is 5.11 Å². The summed E-state index contributed by atoms with van der Waals surface area (Å²) in [6.45, 7) is 7.05. The Hall–Kier alpha value is -1.26. The zero-order valence-electron chi connectivity index (χ0n) is 11.9. The normalized spacial score (nSPS) is 32.8. The predicted molar refractivity (Wildman–Crippen MR) is 71.8 cm³/mol. The van der Waals surface area contributed by atoms with Crippen molar-refractivity contribution in [2.75, 3.05) is 6.54 Å². The second kappa shape index (κ2) is 5.39. The van der Waals surface area contributed by atoms with Gasteiger partial charge >= 0.3 is 12.0 Å². The van der Waals surface area contributed by atoms with Gasteiger partial charge in [-0.1, -0.05) is 13.8 Å². The molecule has 0 aromatic rings. The van der Waals surface area contributed by atoms with E-state index in [1.807, 2.05) is 6.92 Å². The Bertz CT molecular complexity index is 368. The maximum atomic E-state index is 12.3. The summed E-state index contributed by atoms with van der Waals surface area (Å²) >= 11 is 0. The minimum absolute atomic E-state index is 0.122. The maximum absolute atomic E-state index is 12.3. The van der Waals surface area contributed by atoms with Crippen LogP contribution in [0, 0.1) is 17.8 Å². The summed E-state index contributed by atoms with van der Waals surface area (Å²) in [5, 5.41) is 11.9. The number of carboxylic acid groups (broad SMARTS) is 1. The first-order valence-electron chi connectivity index (χ1n) is 7.20. The number of hydrogen-bond donors (Lipinski definition) is 2. The van der Waals surface area contributed by atoms with Crippen LogP contribution in [-0.2, 0) is 4.79 Å². The molecule has 4 atom stereocenters. The average molecular weight is 268 g/mol. The summed E-state index contributed by atoms with van der Waals surface area (Å²) < 4.78 is 0. The third kappa shape index (κ3) is 3.19. The summed E-state index contributed by atoms with van der Waals surface area (Å²) in [5.74, 6) is 0.137. The summed E-state index contributed by atoms with van der Waals surface area (Å²) in [5.41, 5.74) is 0. The fraction of sp³-hybridized carbons (Fsp3) is 0.857. The molecule has 1 aliphatic heterocycles. The highest BCUT2D eigenvalue weighted by molar-refractivity contribution is 5.83. The van der Waals surface area contributed by atoms with Gasteiger partial charge in [0.05, 0.1) is 0 Å². The molecule has 2 fully saturated rings. The Morgan fingerprint density at radius 2 is 1.89 bits per heavy atom. The van der Waals surface area contributed by atoms with E-state index in [1.54, 1.807) is 4.90 Å². The number of nitrogens with one attached hydrogen (secondary N) is 1. The molecule has 108 valence electrons. The van der Waals surface area contributed by atoms with Crippen molar-refractivity contribution in [2.45, 2.75) is 52.1 Å². The van der Waals surface area contributed by atoms with Gasteiger partial charge in [-0.25, -0.2) is 9.59 Å². The lowest BCUT2D eigenvalue weighted by Gasteiger charge is -2.41. The molecule has 0 aromatic carbocycles. The maximum Gasteiger partial charge on any atom is 0.326 e. The molecule has 0 radical (unpaired) electrons. The minimum Gasteiger partial charge on any atom is -0.480 e. The van der Waals surface area contributed by atoms with Crippen LogP contribution in [0.1, 0.15) is 40.0 Å². The molecule has 1 saturated carbocycles. The third-order valence-electron chi connectivity index (χ3n) is 4.50. The van der Waals surface area contributed by atoms with Gasteiger partial charge < -0.3 is 15.3 Å². The monoisotopic (exact) mass is 268 g/mol. The number of amides is 2. The van der Waals surface area contributed by atoms with Gasteiger partial charge in [-0.05, 0) is 43.9 Å².